The first-order valence-corrected chi connectivity index (χ1v) is 9.22. The number of rotatable bonds is 3. The molecule has 0 aliphatic heterocycles. The van der Waals surface area contributed by atoms with Crippen molar-refractivity contribution in [1.82, 2.24) is 0 Å². The van der Waals surface area contributed by atoms with E-state index in [0.29, 0.717) is 6.54 Å². The first-order chi connectivity index (χ1) is 7.50. The molecule has 2 rings (SSSR count). The number of benzene rings is 1. The van der Waals surface area contributed by atoms with Crippen molar-refractivity contribution in [1.29, 1.82) is 0 Å². The maximum absolute atomic E-state index is 10.1. The molecule has 0 bridgehead atoms. The minimum Gasteiger partial charge on any atom is -0.428 e. The maximum atomic E-state index is 10.1. The van der Waals surface area contributed by atoms with Gasteiger partial charge in [0, 0.05) is 9.58 Å². The predicted molar refractivity (Wildman–Crippen MR) is 73.9 cm³/mol. The van der Waals surface area contributed by atoms with E-state index < -0.39 is 8.32 Å². The SMILES string of the molecule is C[Si](C)(O)c1ccc2sc(CCN)cc2c1. The fourth-order valence-electron chi connectivity index (χ4n) is 1.74. The molecule has 0 spiro atoms. The topological polar surface area (TPSA) is 46.2 Å². The molecule has 3 N–H and O–H groups in total. The van der Waals surface area contributed by atoms with E-state index in [-0.39, 0.29) is 0 Å². The van der Waals surface area contributed by atoms with Crippen LogP contribution in [0, 0.1) is 0 Å². The third kappa shape index (κ3) is 2.35. The summed E-state index contributed by atoms with van der Waals surface area (Å²) >= 11 is 1.79. The summed E-state index contributed by atoms with van der Waals surface area (Å²) in [5.41, 5.74) is 5.56. The van der Waals surface area contributed by atoms with Crippen molar-refractivity contribution < 1.29 is 4.80 Å². The summed E-state index contributed by atoms with van der Waals surface area (Å²) < 4.78 is 1.28. The number of hydrogen-bond acceptors (Lipinski definition) is 3. The Morgan fingerprint density at radius 3 is 2.69 bits per heavy atom. The summed E-state index contributed by atoms with van der Waals surface area (Å²) in [6.45, 7) is 4.59. The van der Waals surface area contributed by atoms with Crippen molar-refractivity contribution >= 4 is 34.9 Å². The molecule has 1 aromatic carbocycles. The molecular formula is C12H17NOSSi. The van der Waals surface area contributed by atoms with Gasteiger partial charge in [0.1, 0.15) is 0 Å². The molecule has 0 radical (unpaired) electrons. The Hall–Kier alpha value is -0.683. The Morgan fingerprint density at radius 1 is 1.31 bits per heavy atom. The highest BCUT2D eigenvalue weighted by Crippen LogP contribution is 2.25. The van der Waals surface area contributed by atoms with Gasteiger partial charge in [0.2, 0.25) is 8.32 Å². The molecule has 0 unspecified atom stereocenters. The second-order valence-electron chi connectivity index (χ2n) is 4.56. The molecular weight excluding hydrogens is 234 g/mol. The van der Waals surface area contributed by atoms with Crippen LogP contribution in [0.5, 0.6) is 0 Å². The second kappa shape index (κ2) is 4.29. The van der Waals surface area contributed by atoms with Crippen molar-refractivity contribution in [2.45, 2.75) is 19.5 Å². The van der Waals surface area contributed by atoms with E-state index in [1.54, 1.807) is 11.3 Å². The summed E-state index contributed by atoms with van der Waals surface area (Å²) in [5, 5.41) is 2.33. The Labute approximate surface area is 101 Å². The highest BCUT2D eigenvalue weighted by Gasteiger charge is 2.20. The molecule has 4 heteroatoms. The van der Waals surface area contributed by atoms with Gasteiger partial charge in [-0.1, -0.05) is 12.1 Å². The van der Waals surface area contributed by atoms with E-state index in [2.05, 4.69) is 24.3 Å². The van der Waals surface area contributed by atoms with E-state index in [4.69, 9.17) is 5.73 Å². The highest BCUT2D eigenvalue weighted by atomic mass is 32.1. The molecule has 86 valence electrons. The smallest absolute Gasteiger partial charge is 0.213 e. The summed E-state index contributed by atoms with van der Waals surface area (Å²) in [6.07, 6.45) is 0.939. The monoisotopic (exact) mass is 251 g/mol. The molecule has 1 heterocycles. The molecule has 0 atom stereocenters. The molecule has 2 nitrogen and oxygen atoms in total. The number of nitrogens with two attached hydrogens (primary N) is 1. The Bertz CT molecular complexity index is 501. The van der Waals surface area contributed by atoms with E-state index in [1.165, 1.54) is 15.0 Å². The third-order valence-electron chi connectivity index (χ3n) is 2.66. The van der Waals surface area contributed by atoms with E-state index in [1.807, 2.05) is 13.1 Å². The van der Waals surface area contributed by atoms with Crippen LogP contribution in [0.3, 0.4) is 0 Å². The Kier molecular flexibility index (Phi) is 3.16. The minimum atomic E-state index is -2.18. The highest BCUT2D eigenvalue weighted by molar-refractivity contribution is 7.19. The quantitative estimate of drug-likeness (QED) is 0.817. The molecule has 0 amide bonds. The van der Waals surface area contributed by atoms with Crippen LogP contribution >= 0.6 is 11.3 Å². The largest absolute Gasteiger partial charge is 0.428 e. The van der Waals surface area contributed by atoms with Gasteiger partial charge < -0.3 is 10.5 Å². The maximum Gasteiger partial charge on any atom is 0.213 e. The van der Waals surface area contributed by atoms with Gasteiger partial charge in [0.15, 0.2) is 0 Å². The average Bonchev–Trinajstić information content (AvgIpc) is 2.57. The van der Waals surface area contributed by atoms with Gasteiger partial charge in [-0.15, -0.1) is 11.3 Å². The zero-order valence-electron chi connectivity index (χ0n) is 9.66. The van der Waals surface area contributed by atoms with Crippen molar-refractivity contribution in [3.8, 4) is 0 Å². The van der Waals surface area contributed by atoms with Crippen LogP contribution in [0.15, 0.2) is 24.3 Å². The molecule has 0 aliphatic rings. The van der Waals surface area contributed by atoms with E-state index in [9.17, 15) is 4.80 Å². The van der Waals surface area contributed by atoms with Crippen molar-refractivity contribution in [3.05, 3.63) is 29.1 Å². The van der Waals surface area contributed by atoms with Gasteiger partial charge in [-0.3, -0.25) is 0 Å². The molecule has 0 fully saturated rings. The molecule has 16 heavy (non-hydrogen) atoms. The lowest BCUT2D eigenvalue weighted by atomic mass is 10.2. The number of hydrogen-bond donors (Lipinski definition) is 2. The fourth-order valence-corrected chi connectivity index (χ4v) is 3.80. The summed E-state index contributed by atoms with van der Waals surface area (Å²) in [6, 6.07) is 8.48. The van der Waals surface area contributed by atoms with Crippen LogP contribution in [0.25, 0.3) is 10.1 Å². The normalized spacial score (nSPS) is 12.2. The Morgan fingerprint density at radius 2 is 2.06 bits per heavy atom. The van der Waals surface area contributed by atoms with Crippen molar-refractivity contribution in [2.24, 2.45) is 5.73 Å². The summed E-state index contributed by atoms with van der Waals surface area (Å²) in [4.78, 5) is 11.4. The molecule has 0 aliphatic carbocycles. The fraction of sp³-hybridized carbons (Fsp3) is 0.333. The zero-order chi connectivity index (χ0) is 11.8. The van der Waals surface area contributed by atoms with Crippen LogP contribution in [0.1, 0.15) is 4.88 Å². The molecule has 0 saturated carbocycles. The lowest BCUT2D eigenvalue weighted by Crippen LogP contribution is -2.41. The third-order valence-corrected chi connectivity index (χ3v) is 5.56. The van der Waals surface area contributed by atoms with Gasteiger partial charge >= 0.3 is 0 Å². The minimum absolute atomic E-state index is 0.694. The van der Waals surface area contributed by atoms with Crippen LogP contribution in [-0.4, -0.2) is 19.7 Å². The standard InChI is InChI=1S/C12H17NOSSi/c1-16(2,14)11-3-4-12-9(8-11)7-10(15-12)5-6-13/h3-4,7-8,14H,5-6,13H2,1-2H3. The van der Waals surface area contributed by atoms with Gasteiger partial charge in [0.05, 0.1) is 0 Å². The first kappa shape index (κ1) is 11.8. The van der Waals surface area contributed by atoms with Crippen molar-refractivity contribution in [2.75, 3.05) is 6.54 Å². The molecule has 1 aromatic heterocycles. The number of fused-ring (bicyclic) bond motifs is 1. The van der Waals surface area contributed by atoms with Crippen molar-refractivity contribution in [3.63, 3.8) is 0 Å². The van der Waals surface area contributed by atoms with Gasteiger partial charge in [-0.2, -0.15) is 0 Å². The van der Waals surface area contributed by atoms with Crippen LogP contribution < -0.4 is 10.9 Å². The molecule has 0 saturated heterocycles. The van der Waals surface area contributed by atoms with Crippen LogP contribution in [-0.2, 0) is 6.42 Å². The summed E-state index contributed by atoms with van der Waals surface area (Å²) in [7, 11) is -2.18. The average molecular weight is 251 g/mol. The first-order valence-electron chi connectivity index (χ1n) is 5.46. The lowest BCUT2D eigenvalue weighted by molar-refractivity contribution is 0.568. The summed E-state index contributed by atoms with van der Waals surface area (Å²) in [5.74, 6) is 0. The molecule has 2 aromatic rings. The number of thiophene rings is 1. The van der Waals surface area contributed by atoms with Gasteiger partial charge in [-0.05, 0) is 48.8 Å². The predicted octanol–water partition coefficient (Wildman–Crippen LogP) is 1.81. The van der Waals surface area contributed by atoms with Crippen LogP contribution in [0.2, 0.25) is 13.1 Å². The van der Waals surface area contributed by atoms with E-state index in [0.717, 1.165) is 11.6 Å². The lowest BCUT2D eigenvalue weighted by Gasteiger charge is -2.14. The van der Waals surface area contributed by atoms with Crippen LogP contribution in [0.4, 0.5) is 0 Å². The Balaban J connectivity index is 2.46. The second-order valence-corrected chi connectivity index (χ2v) is 9.43. The van der Waals surface area contributed by atoms with Gasteiger partial charge in [-0.25, -0.2) is 0 Å². The zero-order valence-corrected chi connectivity index (χ0v) is 11.5. The van der Waals surface area contributed by atoms with Gasteiger partial charge in [0.25, 0.3) is 0 Å². The van der Waals surface area contributed by atoms with E-state index >= 15 is 0 Å².